The Labute approximate surface area is 99.2 Å². The van der Waals surface area contributed by atoms with Gasteiger partial charge in [-0.1, -0.05) is 0 Å². The van der Waals surface area contributed by atoms with Crippen LogP contribution in [0.3, 0.4) is 0 Å². The molecular weight excluding hydrogens is 227 g/mol. The Morgan fingerprint density at radius 1 is 1.31 bits per heavy atom. The van der Waals surface area contributed by atoms with Crippen molar-refractivity contribution in [1.82, 2.24) is 0 Å². The van der Waals surface area contributed by atoms with Gasteiger partial charge in [-0.3, -0.25) is 4.79 Å². The van der Waals surface area contributed by atoms with E-state index in [1.807, 2.05) is 0 Å². The number of thiol groups is 1. The lowest BCUT2D eigenvalue weighted by Crippen LogP contribution is -2.23. The molecule has 1 aromatic rings. The molecule has 0 unspecified atom stereocenters. The van der Waals surface area contributed by atoms with Gasteiger partial charge in [0.25, 0.3) is 0 Å². The Morgan fingerprint density at radius 2 is 2.00 bits per heavy atom. The fourth-order valence-corrected chi connectivity index (χ4v) is 2.17. The summed E-state index contributed by atoms with van der Waals surface area (Å²) in [7, 11) is 0. The summed E-state index contributed by atoms with van der Waals surface area (Å²) < 4.78 is 18.3. The molecule has 4 heteroatoms. The van der Waals surface area contributed by atoms with E-state index < -0.39 is 5.82 Å². The lowest BCUT2D eigenvalue weighted by atomic mass is 9.91. The zero-order chi connectivity index (χ0) is 11.5. The van der Waals surface area contributed by atoms with Gasteiger partial charge < -0.3 is 4.74 Å². The summed E-state index contributed by atoms with van der Waals surface area (Å²) in [6, 6.07) is 4.19. The summed E-state index contributed by atoms with van der Waals surface area (Å²) in [6.07, 6.45) is 1.44. The second-order valence-electron chi connectivity index (χ2n) is 3.95. The maximum Gasteiger partial charge on any atom is 0.166 e. The van der Waals surface area contributed by atoms with Gasteiger partial charge >= 0.3 is 0 Å². The molecule has 1 aromatic carbocycles. The highest BCUT2D eigenvalue weighted by Crippen LogP contribution is 2.22. The molecule has 0 spiro atoms. The molecule has 0 radical (unpaired) electrons. The summed E-state index contributed by atoms with van der Waals surface area (Å²) in [4.78, 5) is 12.5. The first-order chi connectivity index (χ1) is 7.66. The smallest absolute Gasteiger partial charge is 0.166 e. The molecular formula is C12H13FO2S. The predicted octanol–water partition coefficient (Wildman–Crippen LogP) is 2.72. The molecule has 0 amide bonds. The van der Waals surface area contributed by atoms with Gasteiger partial charge in [-0.2, -0.15) is 0 Å². The van der Waals surface area contributed by atoms with E-state index in [0.717, 1.165) is 12.8 Å². The fraction of sp³-hybridized carbons (Fsp3) is 0.417. The van der Waals surface area contributed by atoms with Crippen LogP contribution >= 0.6 is 12.6 Å². The zero-order valence-electron chi connectivity index (χ0n) is 8.78. The molecule has 0 aromatic heterocycles. The molecule has 1 saturated heterocycles. The Balaban J connectivity index is 2.19. The molecule has 0 aliphatic carbocycles. The second-order valence-corrected chi connectivity index (χ2v) is 4.47. The SMILES string of the molecule is O=C(c1cc(F)cc(S)c1)C1CCOCC1. The number of ether oxygens (including phenoxy) is 1. The number of benzene rings is 1. The van der Waals surface area contributed by atoms with Gasteiger partial charge in [-0.15, -0.1) is 12.6 Å². The maximum absolute atomic E-state index is 13.1. The zero-order valence-corrected chi connectivity index (χ0v) is 9.67. The molecule has 0 atom stereocenters. The number of carbonyl (C=O) groups is 1. The molecule has 2 nitrogen and oxygen atoms in total. The number of rotatable bonds is 2. The summed E-state index contributed by atoms with van der Waals surface area (Å²) >= 11 is 4.07. The number of Topliss-reactive ketones (excluding diaryl/α,β-unsaturated/α-hetero) is 1. The fourth-order valence-electron chi connectivity index (χ4n) is 1.91. The van der Waals surface area contributed by atoms with Gasteiger partial charge in [-0.05, 0) is 31.0 Å². The van der Waals surface area contributed by atoms with Crippen molar-refractivity contribution in [3.63, 3.8) is 0 Å². The quantitative estimate of drug-likeness (QED) is 0.635. The maximum atomic E-state index is 13.1. The third-order valence-corrected chi connectivity index (χ3v) is 3.02. The van der Waals surface area contributed by atoms with Crippen LogP contribution in [0.1, 0.15) is 23.2 Å². The molecule has 1 aliphatic rings. The van der Waals surface area contributed by atoms with Crippen molar-refractivity contribution in [2.24, 2.45) is 5.92 Å². The van der Waals surface area contributed by atoms with Gasteiger partial charge in [0.05, 0.1) is 0 Å². The highest BCUT2D eigenvalue weighted by Gasteiger charge is 2.23. The summed E-state index contributed by atoms with van der Waals surface area (Å²) in [5.74, 6) is -0.454. The van der Waals surface area contributed by atoms with E-state index in [9.17, 15) is 9.18 Å². The van der Waals surface area contributed by atoms with Crippen LogP contribution in [0.4, 0.5) is 4.39 Å². The van der Waals surface area contributed by atoms with Crippen molar-refractivity contribution in [2.45, 2.75) is 17.7 Å². The summed E-state index contributed by atoms with van der Waals surface area (Å²) in [5, 5.41) is 0. The largest absolute Gasteiger partial charge is 0.381 e. The van der Waals surface area contributed by atoms with E-state index >= 15 is 0 Å². The first kappa shape index (κ1) is 11.6. The van der Waals surface area contributed by atoms with Crippen LogP contribution in [0.5, 0.6) is 0 Å². The molecule has 1 heterocycles. The van der Waals surface area contributed by atoms with E-state index in [0.29, 0.717) is 23.7 Å². The molecule has 0 saturated carbocycles. The van der Waals surface area contributed by atoms with Crippen molar-refractivity contribution >= 4 is 18.4 Å². The van der Waals surface area contributed by atoms with Crippen LogP contribution < -0.4 is 0 Å². The molecule has 0 bridgehead atoms. The topological polar surface area (TPSA) is 26.3 Å². The number of carbonyl (C=O) groups excluding carboxylic acids is 1. The van der Waals surface area contributed by atoms with Gasteiger partial charge in [0.15, 0.2) is 5.78 Å². The third-order valence-electron chi connectivity index (χ3n) is 2.76. The Hall–Kier alpha value is -0.870. The Morgan fingerprint density at radius 3 is 2.62 bits per heavy atom. The van der Waals surface area contributed by atoms with Gasteiger partial charge in [0.1, 0.15) is 5.82 Å². The first-order valence-electron chi connectivity index (χ1n) is 5.28. The van der Waals surface area contributed by atoms with Gasteiger partial charge in [0.2, 0.25) is 0 Å². The number of ketones is 1. The molecule has 16 heavy (non-hydrogen) atoms. The standard InChI is InChI=1S/C12H13FO2S/c13-10-5-9(6-11(16)7-10)12(14)8-1-3-15-4-2-8/h5-8,16H,1-4H2. The lowest BCUT2D eigenvalue weighted by Gasteiger charge is -2.20. The van der Waals surface area contributed by atoms with Crippen molar-refractivity contribution in [3.05, 3.63) is 29.6 Å². The Kier molecular flexibility index (Phi) is 3.61. The number of hydrogen-bond donors (Lipinski definition) is 1. The van der Waals surface area contributed by atoms with Crippen molar-refractivity contribution in [2.75, 3.05) is 13.2 Å². The molecule has 1 fully saturated rings. The average Bonchev–Trinajstić information content (AvgIpc) is 2.28. The predicted molar refractivity (Wildman–Crippen MR) is 61.5 cm³/mol. The molecule has 2 rings (SSSR count). The summed E-state index contributed by atoms with van der Waals surface area (Å²) in [6.45, 7) is 1.22. The summed E-state index contributed by atoms with van der Waals surface area (Å²) in [5.41, 5.74) is 0.414. The molecule has 0 N–H and O–H groups in total. The van der Waals surface area contributed by atoms with Crippen molar-refractivity contribution in [3.8, 4) is 0 Å². The number of halogens is 1. The number of hydrogen-bond acceptors (Lipinski definition) is 3. The van der Waals surface area contributed by atoms with Crippen LogP contribution in [0.2, 0.25) is 0 Å². The van der Waals surface area contributed by atoms with Gasteiger partial charge in [-0.25, -0.2) is 4.39 Å². The van der Waals surface area contributed by atoms with E-state index in [-0.39, 0.29) is 11.7 Å². The normalized spacial score (nSPS) is 17.4. The van der Waals surface area contributed by atoms with Crippen LogP contribution in [0, 0.1) is 11.7 Å². The highest BCUT2D eigenvalue weighted by atomic mass is 32.1. The lowest BCUT2D eigenvalue weighted by molar-refractivity contribution is 0.0544. The van der Waals surface area contributed by atoms with E-state index in [4.69, 9.17) is 4.74 Å². The van der Waals surface area contributed by atoms with Crippen molar-refractivity contribution in [1.29, 1.82) is 0 Å². The van der Waals surface area contributed by atoms with Crippen LogP contribution in [-0.2, 0) is 4.74 Å². The monoisotopic (exact) mass is 240 g/mol. The molecule has 86 valence electrons. The second kappa shape index (κ2) is 4.97. The minimum absolute atomic E-state index is 0.00176. The minimum Gasteiger partial charge on any atom is -0.381 e. The van der Waals surface area contributed by atoms with E-state index in [1.165, 1.54) is 12.1 Å². The van der Waals surface area contributed by atoms with Crippen LogP contribution in [-0.4, -0.2) is 19.0 Å². The van der Waals surface area contributed by atoms with E-state index in [2.05, 4.69) is 12.6 Å². The Bertz CT molecular complexity index is 380. The van der Waals surface area contributed by atoms with Crippen LogP contribution in [0.25, 0.3) is 0 Å². The van der Waals surface area contributed by atoms with E-state index in [1.54, 1.807) is 6.07 Å². The van der Waals surface area contributed by atoms with Crippen molar-refractivity contribution < 1.29 is 13.9 Å². The van der Waals surface area contributed by atoms with Crippen LogP contribution in [0.15, 0.2) is 23.1 Å². The minimum atomic E-state index is -0.414. The first-order valence-corrected chi connectivity index (χ1v) is 5.73. The average molecular weight is 240 g/mol. The molecule has 1 aliphatic heterocycles. The third kappa shape index (κ3) is 2.62. The van der Waals surface area contributed by atoms with Gasteiger partial charge in [0, 0.05) is 29.6 Å². The highest BCUT2D eigenvalue weighted by molar-refractivity contribution is 7.80.